The highest BCUT2D eigenvalue weighted by molar-refractivity contribution is 7.98. The second-order valence-electron chi connectivity index (χ2n) is 5.38. The number of nitriles is 1. The zero-order valence-electron chi connectivity index (χ0n) is 11.0. The topological polar surface area (TPSA) is 47.3 Å². The maximum Gasteiger partial charge on any atom is 0.103 e. The Labute approximate surface area is 118 Å². The maximum absolute atomic E-state index is 9.89. The van der Waals surface area contributed by atoms with Crippen LogP contribution in [0.25, 0.3) is 0 Å². The van der Waals surface area contributed by atoms with Gasteiger partial charge >= 0.3 is 0 Å². The van der Waals surface area contributed by atoms with Crippen LogP contribution in [0, 0.1) is 11.3 Å². The fourth-order valence-electron chi connectivity index (χ4n) is 3.56. The number of anilines is 1. The molecule has 0 radical (unpaired) electrons. The van der Waals surface area contributed by atoms with E-state index < -0.39 is 0 Å². The first-order valence-electron chi connectivity index (χ1n) is 6.78. The van der Waals surface area contributed by atoms with Gasteiger partial charge in [0.05, 0.1) is 17.4 Å². The molecule has 1 N–H and O–H groups in total. The largest absolute Gasteiger partial charge is 0.393 e. The molecule has 19 heavy (non-hydrogen) atoms. The van der Waals surface area contributed by atoms with E-state index in [0.29, 0.717) is 12.1 Å². The first-order chi connectivity index (χ1) is 9.24. The molecule has 3 rings (SSSR count). The molecule has 100 valence electrons. The van der Waals surface area contributed by atoms with Crippen LogP contribution in [0.4, 0.5) is 5.69 Å². The fourth-order valence-corrected chi connectivity index (χ4v) is 4.13. The molecule has 1 aromatic rings. The predicted octanol–water partition coefficient (Wildman–Crippen LogP) is 2.77. The van der Waals surface area contributed by atoms with Crippen molar-refractivity contribution in [1.29, 1.82) is 5.26 Å². The Morgan fingerprint density at radius 1 is 1.32 bits per heavy atom. The second-order valence-corrected chi connectivity index (χ2v) is 6.23. The summed E-state index contributed by atoms with van der Waals surface area (Å²) in [6.45, 7) is 0. The molecule has 2 fully saturated rings. The number of nitrogens with zero attached hydrogens (tertiary/aromatic N) is 2. The van der Waals surface area contributed by atoms with Crippen LogP contribution >= 0.6 is 11.8 Å². The van der Waals surface area contributed by atoms with E-state index in [-0.39, 0.29) is 6.10 Å². The standard InChI is InChI=1S/C15H18N2OS/c1-19-15-4-2-3-14(13(15)9-16)17-10-5-6-11(17)8-12(18)7-10/h2-4,10-12,18H,5-8H2,1H3. The lowest BCUT2D eigenvalue weighted by atomic mass is 9.98. The number of fused-ring (bicyclic) bond motifs is 2. The number of thioether (sulfide) groups is 1. The van der Waals surface area contributed by atoms with E-state index in [1.54, 1.807) is 11.8 Å². The van der Waals surface area contributed by atoms with Gasteiger partial charge in [-0.25, -0.2) is 0 Å². The van der Waals surface area contributed by atoms with Gasteiger partial charge in [0.2, 0.25) is 0 Å². The van der Waals surface area contributed by atoms with Crippen LogP contribution in [0.3, 0.4) is 0 Å². The van der Waals surface area contributed by atoms with E-state index in [2.05, 4.69) is 17.0 Å². The van der Waals surface area contributed by atoms with Crippen LogP contribution in [0.2, 0.25) is 0 Å². The molecule has 0 aliphatic carbocycles. The first-order valence-corrected chi connectivity index (χ1v) is 8.00. The van der Waals surface area contributed by atoms with Gasteiger partial charge in [-0.1, -0.05) is 6.07 Å². The Morgan fingerprint density at radius 3 is 2.58 bits per heavy atom. The number of piperidine rings is 1. The summed E-state index contributed by atoms with van der Waals surface area (Å²) in [5, 5.41) is 19.4. The van der Waals surface area contributed by atoms with Crippen molar-refractivity contribution in [2.45, 2.75) is 48.8 Å². The zero-order chi connectivity index (χ0) is 13.4. The Hall–Kier alpha value is -1.18. The van der Waals surface area contributed by atoms with E-state index in [9.17, 15) is 10.4 Å². The molecule has 2 saturated heterocycles. The van der Waals surface area contributed by atoms with E-state index >= 15 is 0 Å². The molecule has 2 bridgehead atoms. The molecule has 0 amide bonds. The molecule has 4 heteroatoms. The molecule has 2 unspecified atom stereocenters. The third kappa shape index (κ3) is 2.11. The summed E-state index contributed by atoms with van der Waals surface area (Å²) < 4.78 is 0. The van der Waals surface area contributed by atoms with Crippen LogP contribution in [0.5, 0.6) is 0 Å². The van der Waals surface area contributed by atoms with Gasteiger partial charge in [-0.2, -0.15) is 5.26 Å². The number of benzene rings is 1. The van der Waals surface area contributed by atoms with E-state index in [0.717, 1.165) is 41.8 Å². The summed E-state index contributed by atoms with van der Waals surface area (Å²) >= 11 is 1.62. The lowest BCUT2D eigenvalue weighted by molar-refractivity contribution is 0.126. The smallest absolute Gasteiger partial charge is 0.103 e. The summed E-state index contributed by atoms with van der Waals surface area (Å²) in [7, 11) is 0. The van der Waals surface area contributed by atoms with Crippen molar-refractivity contribution in [2.24, 2.45) is 0 Å². The summed E-state index contributed by atoms with van der Waals surface area (Å²) in [5.41, 5.74) is 1.86. The maximum atomic E-state index is 9.89. The van der Waals surface area contributed by atoms with Crippen molar-refractivity contribution in [1.82, 2.24) is 0 Å². The van der Waals surface area contributed by atoms with E-state index in [1.807, 2.05) is 18.4 Å². The number of aliphatic hydroxyl groups is 1. The molecule has 2 aliphatic rings. The SMILES string of the molecule is CSc1cccc(N2C3CCC2CC(O)C3)c1C#N. The van der Waals surface area contributed by atoms with Gasteiger partial charge in [-0.3, -0.25) is 0 Å². The van der Waals surface area contributed by atoms with Crippen LogP contribution in [0.15, 0.2) is 23.1 Å². The average Bonchev–Trinajstić information content (AvgIpc) is 2.69. The van der Waals surface area contributed by atoms with Crippen LogP contribution in [-0.2, 0) is 0 Å². The Kier molecular flexibility index (Phi) is 3.42. The molecule has 3 nitrogen and oxygen atoms in total. The third-order valence-corrected chi connectivity index (χ3v) is 5.10. The van der Waals surface area contributed by atoms with Crippen LogP contribution < -0.4 is 4.90 Å². The van der Waals surface area contributed by atoms with Gasteiger partial charge in [0, 0.05) is 17.0 Å². The van der Waals surface area contributed by atoms with Gasteiger partial charge in [0.1, 0.15) is 6.07 Å². The van der Waals surface area contributed by atoms with Crippen molar-refractivity contribution >= 4 is 17.4 Å². The van der Waals surface area contributed by atoms with Crippen molar-refractivity contribution < 1.29 is 5.11 Å². The van der Waals surface area contributed by atoms with Crippen molar-refractivity contribution in [2.75, 3.05) is 11.2 Å². The minimum Gasteiger partial charge on any atom is -0.393 e. The minimum absolute atomic E-state index is 0.164. The summed E-state index contributed by atoms with van der Waals surface area (Å²) in [5.74, 6) is 0. The van der Waals surface area contributed by atoms with Crippen LogP contribution in [-0.4, -0.2) is 29.5 Å². The molecule has 2 heterocycles. The Balaban J connectivity index is 2.02. The third-order valence-electron chi connectivity index (χ3n) is 4.32. The molecule has 0 spiro atoms. The summed E-state index contributed by atoms with van der Waals surface area (Å²) in [4.78, 5) is 3.44. The normalized spacial score (nSPS) is 29.3. The minimum atomic E-state index is -0.164. The van der Waals surface area contributed by atoms with Crippen LogP contribution in [0.1, 0.15) is 31.2 Å². The molecule has 0 aromatic heterocycles. The van der Waals surface area contributed by atoms with Gasteiger partial charge < -0.3 is 10.0 Å². The Bertz CT molecular complexity index is 511. The second kappa shape index (κ2) is 5.07. The molecular formula is C15H18N2OS. The number of hydrogen-bond donors (Lipinski definition) is 1. The zero-order valence-corrected chi connectivity index (χ0v) is 11.9. The lowest BCUT2D eigenvalue weighted by Crippen LogP contribution is -2.45. The van der Waals surface area contributed by atoms with E-state index in [4.69, 9.17) is 0 Å². The number of aliphatic hydroxyl groups excluding tert-OH is 1. The molecule has 1 aromatic carbocycles. The highest BCUT2D eigenvalue weighted by atomic mass is 32.2. The summed E-state index contributed by atoms with van der Waals surface area (Å²) in [6.07, 6.45) is 5.79. The van der Waals surface area contributed by atoms with Gasteiger partial charge in [0.15, 0.2) is 0 Å². The lowest BCUT2D eigenvalue weighted by Gasteiger charge is -2.39. The average molecular weight is 274 g/mol. The van der Waals surface area contributed by atoms with Crippen molar-refractivity contribution in [3.05, 3.63) is 23.8 Å². The van der Waals surface area contributed by atoms with Gasteiger partial charge in [0.25, 0.3) is 0 Å². The molecule has 2 atom stereocenters. The highest BCUT2D eigenvalue weighted by Gasteiger charge is 2.41. The monoisotopic (exact) mass is 274 g/mol. The summed E-state index contributed by atoms with van der Waals surface area (Å²) in [6, 6.07) is 9.27. The highest BCUT2D eigenvalue weighted by Crippen LogP contribution is 2.42. The molecular weight excluding hydrogens is 256 g/mol. The fraction of sp³-hybridized carbons (Fsp3) is 0.533. The van der Waals surface area contributed by atoms with Crippen molar-refractivity contribution in [3.63, 3.8) is 0 Å². The molecule has 0 saturated carbocycles. The van der Waals surface area contributed by atoms with Crippen molar-refractivity contribution in [3.8, 4) is 6.07 Å². The quantitative estimate of drug-likeness (QED) is 0.842. The van der Waals surface area contributed by atoms with Gasteiger partial charge in [-0.05, 0) is 44.1 Å². The van der Waals surface area contributed by atoms with Gasteiger partial charge in [-0.15, -0.1) is 11.8 Å². The number of hydrogen-bond acceptors (Lipinski definition) is 4. The number of rotatable bonds is 2. The predicted molar refractivity (Wildman–Crippen MR) is 77.5 cm³/mol. The van der Waals surface area contributed by atoms with E-state index in [1.165, 1.54) is 0 Å². The molecule has 2 aliphatic heterocycles. The first kappa shape index (κ1) is 12.8. The Morgan fingerprint density at radius 2 is 2.00 bits per heavy atom.